The highest BCUT2D eigenvalue weighted by atomic mass is 35.5. The van der Waals surface area contributed by atoms with E-state index in [4.69, 9.17) is 21.1 Å². The number of carboxylic acids is 2. The molecule has 9 nitrogen and oxygen atoms in total. The first-order valence-corrected chi connectivity index (χ1v) is 10.7. The van der Waals surface area contributed by atoms with E-state index in [9.17, 15) is 32.7 Å². The Kier molecular flexibility index (Phi) is 6.53. The zero-order valence-electron chi connectivity index (χ0n) is 18.7. The number of carbonyl (C=O) groups excluding carboxylic acids is 1. The first-order valence-electron chi connectivity index (χ1n) is 10.3. The van der Waals surface area contributed by atoms with E-state index in [-0.39, 0.29) is 33.5 Å². The summed E-state index contributed by atoms with van der Waals surface area (Å²) in [4.78, 5) is 36.6. The summed E-state index contributed by atoms with van der Waals surface area (Å²) in [5, 5.41) is 22.3. The number of halogens is 4. The minimum Gasteiger partial charge on any atom is -0.478 e. The van der Waals surface area contributed by atoms with Crippen LogP contribution in [0.4, 0.5) is 24.7 Å². The average Bonchev–Trinajstić information content (AvgIpc) is 3.45. The van der Waals surface area contributed by atoms with Crippen LogP contribution in [0.5, 0.6) is 0 Å². The number of hydrogen-bond acceptors (Lipinski definition) is 6. The summed E-state index contributed by atoms with van der Waals surface area (Å²) in [6, 6.07) is 11.8. The Balaban J connectivity index is 1.68. The van der Waals surface area contributed by atoms with Gasteiger partial charge in [0, 0.05) is 24.9 Å². The molecule has 0 radical (unpaired) electrons. The predicted molar refractivity (Wildman–Crippen MR) is 127 cm³/mol. The Morgan fingerprint density at radius 1 is 1.08 bits per heavy atom. The van der Waals surface area contributed by atoms with E-state index in [1.165, 1.54) is 55.6 Å². The SMILES string of the molecule is CN(/C=C1\C(=O)N(c2cccc(C(=O)O)c2)N=C1C(F)(F)F)c1ccc(-c2ccc(Cl)c(C(=O)O)c2)o1. The number of rotatable bonds is 6. The second kappa shape index (κ2) is 9.47. The van der Waals surface area contributed by atoms with E-state index in [1.54, 1.807) is 0 Å². The molecule has 1 aliphatic heterocycles. The maximum Gasteiger partial charge on any atom is 0.435 e. The van der Waals surface area contributed by atoms with Crippen molar-refractivity contribution >= 4 is 46.7 Å². The van der Waals surface area contributed by atoms with Gasteiger partial charge in [-0.1, -0.05) is 17.7 Å². The third-order valence-corrected chi connectivity index (χ3v) is 5.56. The van der Waals surface area contributed by atoms with E-state index >= 15 is 0 Å². The molecule has 3 aromatic rings. The molecule has 2 aromatic carbocycles. The second-order valence-corrected chi connectivity index (χ2v) is 8.12. The van der Waals surface area contributed by atoms with Crippen molar-refractivity contribution in [2.45, 2.75) is 6.18 Å². The molecule has 1 aliphatic rings. The number of hydrazone groups is 1. The van der Waals surface area contributed by atoms with Crippen LogP contribution >= 0.6 is 11.6 Å². The standard InChI is InChI=1S/C24H15ClF3N3O6/c1-30(19-8-7-18(37-19)12-5-6-17(25)15(10-12)23(35)36)11-16-20(24(26,27)28)29-31(21(16)32)14-4-2-3-13(9-14)22(33)34/h2-11H,1H3,(H,33,34)(H,35,36)/b16-11-. The average molecular weight is 534 g/mol. The number of alkyl halides is 3. The van der Waals surface area contributed by atoms with Crippen molar-refractivity contribution in [2.75, 3.05) is 17.0 Å². The van der Waals surface area contributed by atoms with Gasteiger partial charge in [0.15, 0.2) is 11.6 Å². The molecule has 190 valence electrons. The normalized spacial score (nSPS) is 14.7. The topological polar surface area (TPSA) is 124 Å². The molecule has 2 N–H and O–H groups in total. The summed E-state index contributed by atoms with van der Waals surface area (Å²) >= 11 is 5.88. The molecule has 1 amide bonds. The molecule has 37 heavy (non-hydrogen) atoms. The lowest BCUT2D eigenvalue weighted by molar-refractivity contribution is -0.114. The van der Waals surface area contributed by atoms with Gasteiger partial charge in [0.05, 0.1) is 27.4 Å². The van der Waals surface area contributed by atoms with Crippen LogP contribution in [0.15, 0.2) is 75.9 Å². The fourth-order valence-electron chi connectivity index (χ4n) is 3.46. The van der Waals surface area contributed by atoms with Crippen molar-refractivity contribution in [1.29, 1.82) is 0 Å². The number of hydrogen-bond donors (Lipinski definition) is 2. The summed E-state index contributed by atoms with van der Waals surface area (Å²) in [6.45, 7) is 0. The Labute approximate surface area is 211 Å². The number of anilines is 2. The predicted octanol–water partition coefficient (Wildman–Crippen LogP) is 5.28. The smallest absolute Gasteiger partial charge is 0.435 e. The zero-order chi connectivity index (χ0) is 27.1. The molecule has 0 fully saturated rings. The van der Waals surface area contributed by atoms with Crippen molar-refractivity contribution in [3.05, 3.63) is 82.5 Å². The molecular formula is C24H15ClF3N3O6. The Morgan fingerprint density at radius 2 is 1.81 bits per heavy atom. The van der Waals surface area contributed by atoms with E-state index in [0.717, 1.165) is 17.2 Å². The van der Waals surface area contributed by atoms with Crippen LogP contribution in [0.25, 0.3) is 11.3 Å². The Hall–Kier alpha value is -4.58. The van der Waals surface area contributed by atoms with E-state index < -0.39 is 35.3 Å². The van der Waals surface area contributed by atoms with Crippen molar-refractivity contribution in [2.24, 2.45) is 5.10 Å². The zero-order valence-corrected chi connectivity index (χ0v) is 19.4. The van der Waals surface area contributed by atoms with Gasteiger partial charge in [-0.3, -0.25) is 4.79 Å². The summed E-state index contributed by atoms with van der Waals surface area (Å²) in [5.41, 5.74) is -2.47. The third kappa shape index (κ3) is 5.05. The van der Waals surface area contributed by atoms with Crippen LogP contribution < -0.4 is 9.91 Å². The molecule has 0 atom stereocenters. The molecule has 0 bridgehead atoms. The van der Waals surface area contributed by atoms with E-state index in [2.05, 4.69) is 5.10 Å². The van der Waals surface area contributed by atoms with Crippen molar-refractivity contribution < 1.29 is 42.2 Å². The Morgan fingerprint density at radius 3 is 2.46 bits per heavy atom. The van der Waals surface area contributed by atoms with Crippen LogP contribution in [0, 0.1) is 0 Å². The quantitative estimate of drug-likeness (QED) is 0.413. The summed E-state index contributed by atoms with van der Waals surface area (Å²) < 4.78 is 46.9. The number of nitrogens with zero attached hydrogens (tertiary/aromatic N) is 3. The molecule has 4 rings (SSSR count). The summed E-state index contributed by atoms with van der Waals surface area (Å²) in [7, 11) is 1.34. The van der Waals surface area contributed by atoms with Gasteiger partial charge in [0.1, 0.15) is 5.76 Å². The highest BCUT2D eigenvalue weighted by Crippen LogP contribution is 2.34. The number of furan rings is 1. The molecule has 1 aromatic heterocycles. The van der Waals surface area contributed by atoms with Gasteiger partial charge < -0.3 is 19.5 Å². The van der Waals surface area contributed by atoms with Gasteiger partial charge in [0.2, 0.25) is 0 Å². The van der Waals surface area contributed by atoms with E-state index in [0.29, 0.717) is 10.6 Å². The lowest BCUT2D eigenvalue weighted by Crippen LogP contribution is -2.27. The molecular weight excluding hydrogens is 519 g/mol. The van der Waals surface area contributed by atoms with Gasteiger partial charge in [-0.05, 0) is 42.5 Å². The van der Waals surface area contributed by atoms with E-state index in [1.807, 2.05) is 0 Å². The van der Waals surface area contributed by atoms with Crippen LogP contribution in [0.3, 0.4) is 0 Å². The number of carbonyl (C=O) groups is 3. The van der Waals surface area contributed by atoms with Gasteiger partial charge in [-0.15, -0.1) is 0 Å². The van der Waals surface area contributed by atoms with Crippen molar-refractivity contribution in [3.8, 4) is 11.3 Å². The maximum absolute atomic E-state index is 13.7. The number of benzene rings is 2. The maximum atomic E-state index is 13.7. The lowest BCUT2D eigenvalue weighted by atomic mass is 10.1. The third-order valence-electron chi connectivity index (χ3n) is 5.23. The van der Waals surface area contributed by atoms with Gasteiger partial charge in [-0.2, -0.15) is 23.3 Å². The summed E-state index contributed by atoms with van der Waals surface area (Å²) in [5.74, 6) is -3.47. The molecule has 0 saturated carbocycles. The van der Waals surface area contributed by atoms with Crippen LogP contribution in [-0.2, 0) is 4.79 Å². The minimum atomic E-state index is -4.99. The minimum absolute atomic E-state index is 0.0158. The van der Waals surface area contributed by atoms with Crippen LogP contribution in [0.2, 0.25) is 5.02 Å². The highest BCUT2D eigenvalue weighted by molar-refractivity contribution is 6.33. The number of amides is 1. The largest absolute Gasteiger partial charge is 0.478 e. The second-order valence-electron chi connectivity index (χ2n) is 7.71. The molecule has 0 aliphatic carbocycles. The monoisotopic (exact) mass is 533 g/mol. The van der Waals surface area contributed by atoms with Gasteiger partial charge in [-0.25, -0.2) is 9.59 Å². The fraction of sp³-hybridized carbons (Fsp3) is 0.0833. The number of aromatic carboxylic acids is 2. The fourth-order valence-corrected chi connectivity index (χ4v) is 3.66. The molecule has 0 saturated heterocycles. The van der Waals surface area contributed by atoms with Crippen molar-refractivity contribution in [3.63, 3.8) is 0 Å². The van der Waals surface area contributed by atoms with Crippen LogP contribution in [-0.4, -0.2) is 47.0 Å². The van der Waals surface area contributed by atoms with Gasteiger partial charge >= 0.3 is 18.1 Å². The molecule has 2 heterocycles. The Bertz CT molecular complexity index is 1490. The lowest BCUT2D eigenvalue weighted by Gasteiger charge is -2.14. The molecule has 0 unspecified atom stereocenters. The van der Waals surface area contributed by atoms with Crippen molar-refractivity contribution in [1.82, 2.24) is 0 Å². The number of carboxylic acid groups (broad SMARTS) is 2. The first-order chi connectivity index (χ1) is 17.4. The first kappa shape index (κ1) is 25.5. The van der Waals surface area contributed by atoms with Gasteiger partial charge in [0.25, 0.3) is 5.91 Å². The molecule has 0 spiro atoms. The molecule has 13 heteroatoms. The highest BCUT2D eigenvalue weighted by Gasteiger charge is 2.47. The van der Waals surface area contributed by atoms with Crippen LogP contribution in [0.1, 0.15) is 20.7 Å². The summed E-state index contributed by atoms with van der Waals surface area (Å²) in [6.07, 6.45) is -4.10.